The van der Waals surface area contributed by atoms with Crippen LogP contribution >= 0.6 is 0 Å². The highest BCUT2D eigenvalue weighted by Gasteiger charge is 2.07. The first-order valence-electron chi connectivity index (χ1n) is 5.36. The highest BCUT2D eigenvalue weighted by Crippen LogP contribution is 2.17. The average Bonchev–Trinajstić information content (AvgIpc) is 2.82. The number of hydrogen-bond donors (Lipinski definition) is 3. The summed E-state index contributed by atoms with van der Waals surface area (Å²) in [6, 6.07) is 6.79. The van der Waals surface area contributed by atoms with Gasteiger partial charge in [0.2, 0.25) is 0 Å². The number of rotatable bonds is 3. The maximum absolute atomic E-state index is 11.8. The molecule has 2 rings (SSSR count). The predicted molar refractivity (Wildman–Crippen MR) is 64.8 cm³/mol. The number of nitrogens with one attached hydrogen (secondary N) is 2. The molecule has 0 atom stereocenters. The molecule has 0 saturated carbocycles. The van der Waals surface area contributed by atoms with Gasteiger partial charge in [0, 0.05) is 24.5 Å². The molecule has 1 aromatic heterocycles. The van der Waals surface area contributed by atoms with Crippen molar-refractivity contribution < 1.29 is 9.90 Å². The number of carbonyl (C=O) groups excluding carboxylic acids is 1. The summed E-state index contributed by atoms with van der Waals surface area (Å²) in [7, 11) is 0. The first-order valence-corrected chi connectivity index (χ1v) is 5.36. The molecule has 0 aliphatic heterocycles. The second kappa shape index (κ2) is 4.74. The Labute approximate surface area is 99.3 Å². The predicted octanol–water partition coefficient (Wildman–Crippen LogP) is 1.96. The van der Waals surface area contributed by atoms with E-state index in [0.29, 0.717) is 12.1 Å². The number of phenolic OH excluding ortho intramolecular Hbond substituents is 1. The van der Waals surface area contributed by atoms with E-state index in [9.17, 15) is 9.90 Å². The maximum atomic E-state index is 11.8. The van der Waals surface area contributed by atoms with Gasteiger partial charge in [-0.1, -0.05) is 6.07 Å². The summed E-state index contributed by atoms with van der Waals surface area (Å²) in [5, 5.41) is 12.3. The van der Waals surface area contributed by atoms with Gasteiger partial charge in [-0.2, -0.15) is 0 Å². The number of amides is 1. The van der Waals surface area contributed by atoms with E-state index < -0.39 is 0 Å². The summed E-state index contributed by atoms with van der Waals surface area (Å²) >= 11 is 0. The van der Waals surface area contributed by atoms with Crippen molar-refractivity contribution in [3.63, 3.8) is 0 Å². The third kappa shape index (κ3) is 2.66. The average molecular weight is 230 g/mol. The van der Waals surface area contributed by atoms with Gasteiger partial charge in [0.1, 0.15) is 5.75 Å². The van der Waals surface area contributed by atoms with E-state index in [1.807, 2.05) is 12.3 Å². The Hall–Kier alpha value is -2.23. The molecule has 3 N–H and O–H groups in total. The van der Waals surface area contributed by atoms with Crippen LogP contribution < -0.4 is 5.32 Å². The van der Waals surface area contributed by atoms with Crippen molar-refractivity contribution in [1.82, 2.24) is 10.3 Å². The third-order valence-corrected chi connectivity index (χ3v) is 2.59. The fourth-order valence-corrected chi connectivity index (χ4v) is 1.50. The minimum atomic E-state index is -0.193. The number of aromatic nitrogens is 1. The molecule has 1 aromatic carbocycles. The van der Waals surface area contributed by atoms with Crippen LogP contribution in [0.15, 0.2) is 36.7 Å². The zero-order valence-corrected chi connectivity index (χ0v) is 9.53. The second-order valence-electron chi connectivity index (χ2n) is 3.90. The van der Waals surface area contributed by atoms with E-state index in [0.717, 1.165) is 11.1 Å². The van der Waals surface area contributed by atoms with Gasteiger partial charge < -0.3 is 15.4 Å². The van der Waals surface area contributed by atoms with Crippen LogP contribution in [0.4, 0.5) is 0 Å². The Morgan fingerprint density at radius 3 is 2.88 bits per heavy atom. The Balaban J connectivity index is 2.02. The zero-order valence-electron chi connectivity index (χ0n) is 9.53. The minimum absolute atomic E-state index is 0.138. The van der Waals surface area contributed by atoms with Crippen LogP contribution in [0.2, 0.25) is 0 Å². The Morgan fingerprint density at radius 1 is 1.41 bits per heavy atom. The molecule has 1 amide bonds. The second-order valence-corrected chi connectivity index (χ2v) is 3.90. The lowest BCUT2D eigenvalue weighted by atomic mass is 10.1. The molecule has 0 aliphatic carbocycles. The lowest BCUT2D eigenvalue weighted by molar-refractivity contribution is 0.0950. The fraction of sp³-hybridized carbons (Fsp3) is 0.154. The molecular formula is C13H14N2O2. The molecule has 0 spiro atoms. The van der Waals surface area contributed by atoms with Crippen LogP contribution in [0.5, 0.6) is 5.75 Å². The number of H-pyrrole nitrogens is 1. The number of hydrogen-bond acceptors (Lipinski definition) is 2. The van der Waals surface area contributed by atoms with Gasteiger partial charge in [0.15, 0.2) is 0 Å². The zero-order chi connectivity index (χ0) is 12.3. The molecule has 2 aromatic rings. The van der Waals surface area contributed by atoms with Crippen molar-refractivity contribution in [1.29, 1.82) is 0 Å². The maximum Gasteiger partial charge on any atom is 0.251 e. The van der Waals surface area contributed by atoms with E-state index in [4.69, 9.17) is 0 Å². The van der Waals surface area contributed by atoms with Crippen LogP contribution in [0.25, 0.3) is 0 Å². The van der Waals surface area contributed by atoms with Crippen molar-refractivity contribution in [2.24, 2.45) is 0 Å². The quantitative estimate of drug-likeness (QED) is 0.754. The Bertz CT molecular complexity index is 518. The summed E-state index contributed by atoms with van der Waals surface area (Å²) in [5.74, 6) is -0.0548. The molecule has 0 fully saturated rings. The lowest BCUT2D eigenvalue weighted by Gasteiger charge is -2.05. The van der Waals surface area contributed by atoms with Gasteiger partial charge in [-0.25, -0.2) is 0 Å². The highest BCUT2D eigenvalue weighted by atomic mass is 16.3. The van der Waals surface area contributed by atoms with Gasteiger partial charge in [-0.15, -0.1) is 0 Å². The van der Waals surface area contributed by atoms with E-state index in [2.05, 4.69) is 10.3 Å². The molecule has 0 bridgehead atoms. The third-order valence-electron chi connectivity index (χ3n) is 2.59. The van der Waals surface area contributed by atoms with Gasteiger partial charge in [0.25, 0.3) is 5.91 Å². The molecule has 88 valence electrons. The van der Waals surface area contributed by atoms with Crippen LogP contribution in [-0.2, 0) is 6.54 Å². The van der Waals surface area contributed by atoms with E-state index >= 15 is 0 Å². The summed E-state index contributed by atoms with van der Waals surface area (Å²) < 4.78 is 0. The number of benzene rings is 1. The molecule has 1 heterocycles. The van der Waals surface area contributed by atoms with Crippen LogP contribution in [-0.4, -0.2) is 16.0 Å². The monoisotopic (exact) mass is 230 g/mol. The van der Waals surface area contributed by atoms with E-state index in [1.54, 1.807) is 25.3 Å². The van der Waals surface area contributed by atoms with Crippen LogP contribution in [0.1, 0.15) is 21.5 Å². The Morgan fingerprint density at radius 2 is 2.24 bits per heavy atom. The molecule has 0 aliphatic rings. The number of phenols is 1. The summed E-state index contributed by atoms with van der Waals surface area (Å²) in [5.41, 5.74) is 2.23. The van der Waals surface area contributed by atoms with Gasteiger partial charge >= 0.3 is 0 Å². The molecule has 0 saturated heterocycles. The lowest BCUT2D eigenvalue weighted by Crippen LogP contribution is -2.22. The molecule has 0 unspecified atom stereocenters. The standard InChI is InChI=1S/C13H14N2O2/c1-9-2-3-11(6-12(9)16)13(17)15-8-10-4-5-14-7-10/h2-7,14,16H,8H2,1H3,(H,15,17). The normalized spacial score (nSPS) is 10.2. The Kier molecular flexibility index (Phi) is 3.14. The molecule has 4 nitrogen and oxygen atoms in total. The smallest absolute Gasteiger partial charge is 0.251 e. The van der Waals surface area contributed by atoms with Gasteiger partial charge in [-0.3, -0.25) is 4.79 Å². The first kappa shape index (κ1) is 11.3. The topological polar surface area (TPSA) is 65.1 Å². The molecule has 17 heavy (non-hydrogen) atoms. The van der Waals surface area contributed by atoms with Crippen LogP contribution in [0, 0.1) is 6.92 Å². The van der Waals surface area contributed by atoms with Crippen molar-refractivity contribution in [2.45, 2.75) is 13.5 Å². The first-order chi connectivity index (χ1) is 8.16. The molecular weight excluding hydrogens is 216 g/mol. The largest absolute Gasteiger partial charge is 0.508 e. The van der Waals surface area contributed by atoms with Gasteiger partial charge in [0.05, 0.1) is 0 Å². The molecule has 4 heteroatoms. The summed E-state index contributed by atoms with van der Waals surface area (Å²) in [6.07, 6.45) is 3.63. The van der Waals surface area contributed by atoms with Crippen molar-refractivity contribution >= 4 is 5.91 Å². The van der Waals surface area contributed by atoms with Crippen molar-refractivity contribution in [2.75, 3.05) is 0 Å². The summed E-state index contributed by atoms with van der Waals surface area (Å²) in [4.78, 5) is 14.7. The minimum Gasteiger partial charge on any atom is -0.508 e. The van der Waals surface area contributed by atoms with Crippen molar-refractivity contribution in [3.8, 4) is 5.75 Å². The number of aromatic hydroxyl groups is 1. The number of aryl methyl sites for hydroxylation is 1. The van der Waals surface area contributed by atoms with Crippen molar-refractivity contribution in [3.05, 3.63) is 53.3 Å². The van der Waals surface area contributed by atoms with E-state index in [-0.39, 0.29) is 11.7 Å². The van der Waals surface area contributed by atoms with E-state index in [1.165, 1.54) is 6.07 Å². The highest BCUT2D eigenvalue weighted by molar-refractivity contribution is 5.94. The SMILES string of the molecule is Cc1ccc(C(=O)NCc2cc[nH]c2)cc1O. The molecule has 0 radical (unpaired) electrons. The van der Waals surface area contributed by atoms with Gasteiger partial charge in [-0.05, 0) is 36.2 Å². The summed E-state index contributed by atoms with van der Waals surface area (Å²) in [6.45, 7) is 2.26. The van der Waals surface area contributed by atoms with Crippen LogP contribution in [0.3, 0.4) is 0 Å². The number of carbonyl (C=O) groups is 1. The number of aromatic amines is 1. The fourth-order valence-electron chi connectivity index (χ4n) is 1.50.